The highest BCUT2D eigenvalue weighted by Crippen LogP contribution is 2.33. The lowest BCUT2D eigenvalue weighted by molar-refractivity contribution is -0.138. The maximum Gasteiger partial charge on any atom is 0.416 e. The zero-order valence-corrected chi connectivity index (χ0v) is 9.43. The molecular formula is C10H9ClF3NO2. The van der Waals surface area contributed by atoms with E-state index in [4.69, 9.17) is 16.7 Å². The van der Waals surface area contributed by atoms with Crippen molar-refractivity contribution in [2.45, 2.75) is 19.1 Å². The summed E-state index contributed by atoms with van der Waals surface area (Å²) in [5, 5.41) is 10.9. The van der Waals surface area contributed by atoms with Crippen molar-refractivity contribution in [3.63, 3.8) is 0 Å². The zero-order valence-electron chi connectivity index (χ0n) is 8.68. The van der Waals surface area contributed by atoms with E-state index in [1.165, 1.54) is 13.0 Å². The number of hydrogen-bond donors (Lipinski definition) is 2. The van der Waals surface area contributed by atoms with Crippen LogP contribution in [0.25, 0.3) is 0 Å². The van der Waals surface area contributed by atoms with Gasteiger partial charge in [0.2, 0.25) is 0 Å². The normalized spacial score (nSPS) is 13.2. The summed E-state index contributed by atoms with van der Waals surface area (Å²) in [6.07, 6.45) is -4.52. The number of anilines is 1. The number of nitrogens with one attached hydrogen (secondary N) is 1. The number of aliphatic carboxylic acids is 1. The highest BCUT2D eigenvalue weighted by Gasteiger charge is 2.31. The lowest BCUT2D eigenvalue weighted by Gasteiger charge is -2.14. The van der Waals surface area contributed by atoms with Gasteiger partial charge in [-0.3, -0.25) is 4.79 Å². The van der Waals surface area contributed by atoms with Crippen LogP contribution in [-0.2, 0) is 11.0 Å². The second-order valence-corrected chi connectivity index (χ2v) is 3.87. The molecule has 17 heavy (non-hydrogen) atoms. The molecule has 3 nitrogen and oxygen atoms in total. The number of hydrogen-bond acceptors (Lipinski definition) is 2. The average molecular weight is 268 g/mol. The third-order valence-electron chi connectivity index (χ3n) is 1.98. The number of benzene rings is 1. The number of halogens is 4. The van der Waals surface area contributed by atoms with E-state index in [-0.39, 0.29) is 10.7 Å². The van der Waals surface area contributed by atoms with E-state index in [2.05, 4.69) is 5.32 Å². The molecule has 0 saturated carbocycles. The number of rotatable bonds is 3. The minimum absolute atomic E-state index is 0.0136. The molecular weight excluding hydrogens is 259 g/mol. The van der Waals surface area contributed by atoms with Crippen LogP contribution in [0.2, 0.25) is 5.02 Å². The molecule has 0 fully saturated rings. The Morgan fingerprint density at radius 1 is 1.41 bits per heavy atom. The molecule has 0 aliphatic heterocycles. The second kappa shape index (κ2) is 4.83. The summed E-state index contributed by atoms with van der Waals surface area (Å²) in [4.78, 5) is 10.6. The van der Waals surface area contributed by atoms with Crippen LogP contribution in [0.4, 0.5) is 18.9 Å². The van der Waals surface area contributed by atoms with Gasteiger partial charge in [-0.05, 0) is 25.1 Å². The van der Waals surface area contributed by atoms with E-state index in [1.54, 1.807) is 0 Å². The molecule has 94 valence electrons. The number of carbonyl (C=O) groups is 1. The van der Waals surface area contributed by atoms with Crippen LogP contribution in [-0.4, -0.2) is 17.1 Å². The van der Waals surface area contributed by atoms with Gasteiger partial charge < -0.3 is 10.4 Å². The van der Waals surface area contributed by atoms with Crippen LogP contribution < -0.4 is 5.32 Å². The van der Waals surface area contributed by atoms with Crippen LogP contribution in [0, 0.1) is 0 Å². The molecule has 2 N–H and O–H groups in total. The van der Waals surface area contributed by atoms with Gasteiger partial charge in [0.25, 0.3) is 0 Å². The van der Waals surface area contributed by atoms with Gasteiger partial charge in [0.1, 0.15) is 6.04 Å². The van der Waals surface area contributed by atoms with Crippen LogP contribution in [0.1, 0.15) is 12.5 Å². The first-order valence-corrected chi connectivity index (χ1v) is 4.95. The molecule has 7 heteroatoms. The molecule has 0 heterocycles. The Bertz CT molecular complexity index is 434. The number of carboxylic acid groups (broad SMARTS) is 1. The molecule has 0 spiro atoms. The van der Waals surface area contributed by atoms with Gasteiger partial charge in [-0.25, -0.2) is 0 Å². The van der Waals surface area contributed by atoms with Gasteiger partial charge in [-0.2, -0.15) is 13.2 Å². The molecule has 0 amide bonds. The quantitative estimate of drug-likeness (QED) is 0.884. The Morgan fingerprint density at radius 3 is 2.47 bits per heavy atom. The van der Waals surface area contributed by atoms with Crippen LogP contribution in [0.3, 0.4) is 0 Å². The minimum atomic E-state index is -4.52. The molecule has 0 radical (unpaired) electrons. The van der Waals surface area contributed by atoms with Crippen LogP contribution in [0.15, 0.2) is 18.2 Å². The molecule has 0 aliphatic rings. The standard InChI is InChI=1S/C10H9ClF3NO2/c1-5(9(16)17)15-8-3-6(10(12,13)14)2-7(11)4-8/h2-5,15H,1H3,(H,16,17). The fourth-order valence-electron chi connectivity index (χ4n) is 1.15. The molecule has 1 aromatic carbocycles. The molecule has 0 bridgehead atoms. The highest BCUT2D eigenvalue weighted by atomic mass is 35.5. The first-order chi connectivity index (χ1) is 7.70. The van der Waals surface area contributed by atoms with Gasteiger partial charge in [-0.15, -0.1) is 0 Å². The first-order valence-electron chi connectivity index (χ1n) is 4.57. The average Bonchev–Trinajstić information content (AvgIpc) is 2.15. The fourth-order valence-corrected chi connectivity index (χ4v) is 1.38. The van der Waals surface area contributed by atoms with E-state index in [0.29, 0.717) is 0 Å². The van der Waals surface area contributed by atoms with Gasteiger partial charge in [0, 0.05) is 10.7 Å². The lowest BCUT2D eigenvalue weighted by Crippen LogP contribution is -2.25. The lowest BCUT2D eigenvalue weighted by atomic mass is 10.2. The SMILES string of the molecule is CC(Nc1cc(Cl)cc(C(F)(F)F)c1)C(=O)O. The summed E-state index contributed by atoms with van der Waals surface area (Å²) in [5.74, 6) is -1.17. The third kappa shape index (κ3) is 3.81. The van der Waals surface area contributed by atoms with Gasteiger partial charge >= 0.3 is 12.1 Å². The van der Waals surface area contributed by atoms with Crippen molar-refractivity contribution in [2.75, 3.05) is 5.32 Å². The first kappa shape index (κ1) is 13.6. The maximum absolute atomic E-state index is 12.4. The summed E-state index contributed by atoms with van der Waals surface area (Å²) >= 11 is 5.53. The third-order valence-corrected chi connectivity index (χ3v) is 2.20. The van der Waals surface area contributed by atoms with Crippen LogP contribution >= 0.6 is 11.6 Å². The monoisotopic (exact) mass is 267 g/mol. The molecule has 1 rings (SSSR count). The van der Waals surface area contributed by atoms with Crippen molar-refractivity contribution in [1.82, 2.24) is 0 Å². The van der Waals surface area contributed by atoms with E-state index >= 15 is 0 Å². The van der Waals surface area contributed by atoms with Crippen LogP contribution in [0.5, 0.6) is 0 Å². The predicted molar refractivity (Wildman–Crippen MR) is 57.2 cm³/mol. The fraction of sp³-hybridized carbons (Fsp3) is 0.300. The summed E-state index contributed by atoms with van der Waals surface area (Å²) in [7, 11) is 0. The van der Waals surface area contributed by atoms with Crippen molar-refractivity contribution in [2.24, 2.45) is 0 Å². The van der Waals surface area contributed by atoms with Crippen molar-refractivity contribution in [3.8, 4) is 0 Å². The molecule has 1 atom stereocenters. The maximum atomic E-state index is 12.4. The minimum Gasteiger partial charge on any atom is -0.480 e. The smallest absolute Gasteiger partial charge is 0.416 e. The second-order valence-electron chi connectivity index (χ2n) is 3.43. The van der Waals surface area contributed by atoms with E-state index < -0.39 is 23.8 Å². The molecule has 0 aromatic heterocycles. The van der Waals surface area contributed by atoms with Gasteiger partial charge in [-0.1, -0.05) is 11.6 Å². The molecule has 0 saturated heterocycles. The predicted octanol–water partition coefficient (Wildman–Crippen LogP) is 3.24. The Hall–Kier alpha value is -1.43. The highest BCUT2D eigenvalue weighted by molar-refractivity contribution is 6.30. The Balaban J connectivity index is 3.02. The largest absolute Gasteiger partial charge is 0.480 e. The summed E-state index contributed by atoms with van der Waals surface area (Å²) < 4.78 is 37.3. The number of alkyl halides is 3. The topological polar surface area (TPSA) is 49.3 Å². The van der Waals surface area contributed by atoms with Gasteiger partial charge in [0.05, 0.1) is 5.56 Å². The Kier molecular flexibility index (Phi) is 3.87. The van der Waals surface area contributed by atoms with Crippen molar-refractivity contribution < 1.29 is 23.1 Å². The van der Waals surface area contributed by atoms with Crippen molar-refractivity contribution in [1.29, 1.82) is 0 Å². The summed E-state index contributed by atoms with van der Waals surface area (Å²) in [6.45, 7) is 1.32. The Morgan fingerprint density at radius 2 is 2.00 bits per heavy atom. The molecule has 0 aliphatic carbocycles. The summed E-state index contributed by atoms with van der Waals surface area (Å²) in [6, 6.07) is 1.81. The van der Waals surface area contributed by atoms with Crippen molar-refractivity contribution >= 4 is 23.3 Å². The van der Waals surface area contributed by atoms with Gasteiger partial charge in [0.15, 0.2) is 0 Å². The molecule has 1 aromatic rings. The molecule has 1 unspecified atom stereocenters. The summed E-state index contributed by atoms with van der Waals surface area (Å²) in [5.41, 5.74) is -0.912. The van der Waals surface area contributed by atoms with E-state index in [0.717, 1.165) is 12.1 Å². The number of carboxylic acids is 1. The van der Waals surface area contributed by atoms with E-state index in [1.807, 2.05) is 0 Å². The van der Waals surface area contributed by atoms with Crippen molar-refractivity contribution in [3.05, 3.63) is 28.8 Å². The zero-order chi connectivity index (χ0) is 13.2. The Labute approximate surface area is 100 Å². The van der Waals surface area contributed by atoms with E-state index in [9.17, 15) is 18.0 Å².